The third-order valence-corrected chi connectivity index (χ3v) is 2.09. The lowest BCUT2D eigenvalue weighted by molar-refractivity contribution is -0.130. The number of hydrogen-bond donors (Lipinski definition) is 2. The van der Waals surface area contributed by atoms with Gasteiger partial charge < -0.3 is 9.64 Å². The van der Waals surface area contributed by atoms with E-state index in [1.807, 2.05) is 25.8 Å². The smallest absolute Gasteiger partial charge is 0.240 e. The van der Waals surface area contributed by atoms with Crippen molar-refractivity contribution in [2.45, 2.75) is 13.8 Å². The minimum atomic E-state index is -0.475. The fourth-order valence-electron chi connectivity index (χ4n) is 1.27. The Kier molecular flexibility index (Phi) is 5.68. The Bertz CT molecular complexity index is 183. The van der Waals surface area contributed by atoms with E-state index in [1.165, 1.54) is 0 Å². The highest BCUT2D eigenvalue weighted by atomic mass is 16.5. The summed E-state index contributed by atoms with van der Waals surface area (Å²) in [6.45, 7) is 5.84. The first-order chi connectivity index (χ1) is 6.44. The van der Waals surface area contributed by atoms with Crippen molar-refractivity contribution in [2.24, 2.45) is 11.3 Å². The maximum atomic E-state index is 11.3. The molecule has 5 heteroatoms. The number of hydrazine groups is 1. The summed E-state index contributed by atoms with van der Waals surface area (Å²) in [4.78, 5) is 13.4. The second kappa shape index (κ2) is 5.95. The Morgan fingerprint density at radius 1 is 1.57 bits per heavy atom. The largest absolute Gasteiger partial charge is 0.383 e. The first-order valence-corrected chi connectivity index (χ1v) is 4.62. The quantitative estimate of drug-likeness (QED) is 0.349. The molecule has 3 N–H and O–H groups in total. The Labute approximate surface area is 85.6 Å². The highest BCUT2D eigenvalue weighted by Gasteiger charge is 2.28. The summed E-state index contributed by atoms with van der Waals surface area (Å²) in [6.07, 6.45) is 0. The van der Waals surface area contributed by atoms with Crippen LogP contribution < -0.4 is 11.3 Å². The van der Waals surface area contributed by atoms with E-state index in [4.69, 9.17) is 10.6 Å². The summed E-state index contributed by atoms with van der Waals surface area (Å²) in [7, 11) is 3.61. The Hall–Kier alpha value is -0.650. The number of nitrogens with zero attached hydrogens (tertiary/aromatic N) is 1. The third kappa shape index (κ3) is 4.55. The van der Waals surface area contributed by atoms with Crippen LogP contribution in [-0.2, 0) is 9.53 Å². The maximum absolute atomic E-state index is 11.3. The van der Waals surface area contributed by atoms with E-state index in [-0.39, 0.29) is 5.91 Å². The van der Waals surface area contributed by atoms with Gasteiger partial charge in [-0.3, -0.25) is 10.2 Å². The van der Waals surface area contributed by atoms with Crippen LogP contribution >= 0.6 is 0 Å². The van der Waals surface area contributed by atoms with Crippen molar-refractivity contribution in [1.82, 2.24) is 10.3 Å². The number of carbonyl (C=O) groups is 1. The van der Waals surface area contributed by atoms with Crippen LogP contribution in [0.25, 0.3) is 0 Å². The third-order valence-electron chi connectivity index (χ3n) is 2.09. The molecule has 0 fully saturated rings. The van der Waals surface area contributed by atoms with Crippen LogP contribution in [0.1, 0.15) is 13.8 Å². The van der Waals surface area contributed by atoms with E-state index in [0.29, 0.717) is 13.2 Å². The zero-order chi connectivity index (χ0) is 11.2. The summed E-state index contributed by atoms with van der Waals surface area (Å²) in [6, 6.07) is 0. The van der Waals surface area contributed by atoms with Crippen molar-refractivity contribution in [3.05, 3.63) is 0 Å². The van der Waals surface area contributed by atoms with Gasteiger partial charge in [-0.25, -0.2) is 5.84 Å². The predicted molar refractivity (Wildman–Crippen MR) is 55.5 cm³/mol. The predicted octanol–water partition coefficient (Wildman–Crippen LogP) is -0.419. The topological polar surface area (TPSA) is 67.6 Å². The van der Waals surface area contributed by atoms with Crippen molar-refractivity contribution >= 4 is 5.91 Å². The van der Waals surface area contributed by atoms with Gasteiger partial charge in [0, 0.05) is 20.2 Å². The molecule has 0 saturated heterocycles. The van der Waals surface area contributed by atoms with Crippen LogP contribution in [0.3, 0.4) is 0 Å². The molecule has 0 unspecified atom stereocenters. The number of hydrogen-bond acceptors (Lipinski definition) is 4. The average molecular weight is 203 g/mol. The van der Waals surface area contributed by atoms with Gasteiger partial charge >= 0.3 is 0 Å². The number of nitrogens with two attached hydrogens (primary N) is 1. The van der Waals surface area contributed by atoms with Gasteiger partial charge in [0.25, 0.3) is 0 Å². The van der Waals surface area contributed by atoms with Crippen molar-refractivity contribution in [3.63, 3.8) is 0 Å². The van der Waals surface area contributed by atoms with Crippen LogP contribution in [0, 0.1) is 5.41 Å². The molecule has 1 amide bonds. The number of carbonyl (C=O) groups excluding carboxylic acids is 1. The summed E-state index contributed by atoms with van der Waals surface area (Å²) in [5.74, 6) is 4.94. The fourth-order valence-corrected chi connectivity index (χ4v) is 1.27. The van der Waals surface area contributed by atoms with Gasteiger partial charge in [-0.1, -0.05) is 0 Å². The molecule has 0 aliphatic heterocycles. The van der Waals surface area contributed by atoms with Crippen molar-refractivity contribution in [1.29, 1.82) is 0 Å². The molecule has 84 valence electrons. The summed E-state index contributed by atoms with van der Waals surface area (Å²) in [5, 5.41) is 0. The van der Waals surface area contributed by atoms with Crippen LogP contribution in [0.5, 0.6) is 0 Å². The number of nitrogens with one attached hydrogen (secondary N) is 1. The molecule has 0 bridgehead atoms. The number of amides is 1. The zero-order valence-electron chi connectivity index (χ0n) is 9.46. The van der Waals surface area contributed by atoms with Gasteiger partial charge in [-0.05, 0) is 20.9 Å². The Morgan fingerprint density at radius 3 is 2.57 bits per heavy atom. The molecule has 0 heterocycles. The molecule has 0 aliphatic carbocycles. The van der Waals surface area contributed by atoms with Crippen LogP contribution in [0.4, 0.5) is 0 Å². The lowest BCUT2D eigenvalue weighted by Gasteiger charge is -2.28. The van der Waals surface area contributed by atoms with E-state index in [0.717, 1.165) is 6.54 Å². The van der Waals surface area contributed by atoms with Crippen molar-refractivity contribution < 1.29 is 9.53 Å². The molecule has 0 aromatic rings. The molecule has 0 radical (unpaired) electrons. The molecule has 0 atom stereocenters. The normalized spacial score (nSPS) is 11.9. The molecule has 0 aromatic heterocycles. The monoisotopic (exact) mass is 203 g/mol. The first-order valence-electron chi connectivity index (χ1n) is 4.62. The maximum Gasteiger partial charge on any atom is 0.240 e. The van der Waals surface area contributed by atoms with Gasteiger partial charge in [0.1, 0.15) is 0 Å². The average Bonchev–Trinajstić information content (AvgIpc) is 2.12. The number of likely N-dealkylation sites (N-methyl/N-ethyl adjacent to an activating group) is 1. The van der Waals surface area contributed by atoms with E-state index < -0.39 is 5.41 Å². The fraction of sp³-hybridized carbons (Fsp3) is 0.889. The summed E-state index contributed by atoms with van der Waals surface area (Å²) in [5.41, 5.74) is 1.69. The second-order valence-electron chi connectivity index (χ2n) is 4.09. The van der Waals surface area contributed by atoms with Gasteiger partial charge in [-0.2, -0.15) is 0 Å². The van der Waals surface area contributed by atoms with E-state index in [2.05, 4.69) is 5.43 Å². The van der Waals surface area contributed by atoms with Gasteiger partial charge in [0.15, 0.2) is 0 Å². The van der Waals surface area contributed by atoms with E-state index in [1.54, 1.807) is 7.11 Å². The van der Waals surface area contributed by atoms with Crippen LogP contribution in [0.15, 0.2) is 0 Å². The van der Waals surface area contributed by atoms with Gasteiger partial charge in [0.05, 0.1) is 12.0 Å². The van der Waals surface area contributed by atoms with E-state index >= 15 is 0 Å². The van der Waals surface area contributed by atoms with Crippen molar-refractivity contribution in [3.8, 4) is 0 Å². The lowest BCUT2D eigenvalue weighted by atomic mass is 9.92. The van der Waals surface area contributed by atoms with Crippen LogP contribution in [-0.4, -0.2) is 44.7 Å². The number of methoxy groups -OCH3 is 1. The Morgan fingerprint density at radius 2 is 2.14 bits per heavy atom. The molecule has 0 aromatic carbocycles. The highest BCUT2D eigenvalue weighted by Crippen LogP contribution is 2.15. The highest BCUT2D eigenvalue weighted by molar-refractivity contribution is 5.81. The Balaban J connectivity index is 4.01. The molecular formula is C9H21N3O2. The minimum absolute atomic E-state index is 0.151. The molecule has 5 nitrogen and oxygen atoms in total. The molecule has 0 saturated carbocycles. The lowest BCUT2D eigenvalue weighted by Crippen LogP contribution is -2.46. The number of ether oxygens (including phenoxy) is 1. The molecule has 0 rings (SSSR count). The van der Waals surface area contributed by atoms with Crippen molar-refractivity contribution in [2.75, 3.05) is 33.9 Å². The van der Waals surface area contributed by atoms with Gasteiger partial charge in [-0.15, -0.1) is 0 Å². The molecular weight excluding hydrogens is 182 g/mol. The molecule has 0 aliphatic rings. The number of rotatable bonds is 6. The summed E-state index contributed by atoms with van der Waals surface area (Å²) >= 11 is 0. The molecule has 0 spiro atoms. The second-order valence-corrected chi connectivity index (χ2v) is 4.09. The SMILES string of the molecule is COCCN(C)CC(C)(C)C(=O)NN. The van der Waals surface area contributed by atoms with Gasteiger partial charge in [0.2, 0.25) is 5.91 Å². The first kappa shape index (κ1) is 13.4. The minimum Gasteiger partial charge on any atom is -0.383 e. The zero-order valence-corrected chi connectivity index (χ0v) is 9.46. The summed E-state index contributed by atoms with van der Waals surface area (Å²) < 4.78 is 4.95. The molecule has 14 heavy (non-hydrogen) atoms. The standard InChI is InChI=1S/C9H21N3O2/c1-9(2,8(13)11-10)7-12(3)5-6-14-4/h5-7,10H2,1-4H3,(H,11,13). The van der Waals surface area contributed by atoms with E-state index in [9.17, 15) is 4.79 Å². The van der Waals surface area contributed by atoms with Crippen LogP contribution in [0.2, 0.25) is 0 Å².